The zero-order chi connectivity index (χ0) is 17.1. The minimum absolute atomic E-state index is 0.0145. The molecule has 0 bridgehead atoms. The van der Waals surface area contributed by atoms with Gasteiger partial charge in [-0.05, 0) is 50.4 Å². The van der Waals surface area contributed by atoms with E-state index in [2.05, 4.69) is 10.2 Å². The zero-order valence-electron chi connectivity index (χ0n) is 15.4. The van der Waals surface area contributed by atoms with Gasteiger partial charge in [0.2, 0.25) is 11.8 Å². The molecule has 1 N–H and O–H groups in total. The van der Waals surface area contributed by atoms with Crippen molar-refractivity contribution < 1.29 is 9.59 Å². The first-order valence-corrected chi connectivity index (χ1v) is 10.7. The molecule has 2 saturated heterocycles. The average molecular weight is 344 g/mol. The van der Waals surface area contributed by atoms with Gasteiger partial charge in [-0.2, -0.15) is 0 Å². The van der Waals surface area contributed by atoms with Gasteiger partial charge in [-0.3, -0.25) is 9.59 Å². The molecule has 1 unspecified atom stereocenters. The smallest absolute Gasteiger partial charge is 0.225 e. The van der Waals surface area contributed by atoms with Crippen molar-refractivity contribution in [2.45, 2.75) is 82.6 Å². The molecule has 1 atom stereocenters. The van der Waals surface area contributed by atoms with Gasteiger partial charge in [0.15, 0.2) is 0 Å². The molecule has 0 aromatic carbocycles. The summed E-state index contributed by atoms with van der Waals surface area (Å²) in [5.74, 6) is 2.65. The number of likely N-dealkylation sites (tertiary alicyclic amines) is 1. The summed E-state index contributed by atoms with van der Waals surface area (Å²) < 4.78 is 0. The fourth-order valence-electron chi connectivity index (χ4n) is 6.86. The van der Waals surface area contributed by atoms with Crippen LogP contribution in [0.4, 0.5) is 0 Å². The fraction of sp³-hybridized carbons (Fsp3) is 0.905. The van der Waals surface area contributed by atoms with E-state index < -0.39 is 0 Å². The minimum atomic E-state index is -0.0145. The highest BCUT2D eigenvalue weighted by Crippen LogP contribution is 2.53. The molecule has 5 aliphatic rings. The molecule has 2 aliphatic heterocycles. The maximum atomic E-state index is 12.8. The normalized spacial score (nSPS) is 40.2. The zero-order valence-corrected chi connectivity index (χ0v) is 15.4. The number of hydrogen-bond donors (Lipinski definition) is 1. The van der Waals surface area contributed by atoms with E-state index in [4.69, 9.17) is 0 Å². The summed E-state index contributed by atoms with van der Waals surface area (Å²) in [6.07, 6.45) is 14.7. The molecular formula is C21H32N2O2. The van der Waals surface area contributed by atoms with E-state index in [0.29, 0.717) is 17.7 Å². The second kappa shape index (κ2) is 5.72. The molecule has 5 fully saturated rings. The summed E-state index contributed by atoms with van der Waals surface area (Å²) in [6, 6.07) is 0. The van der Waals surface area contributed by atoms with Gasteiger partial charge in [-0.25, -0.2) is 0 Å². The summed E-state index contributed by atoms with van der Waals surface area (Å²) in [4.78, 5) is 26.4. The van der Waals surface area contributed by atoms with E-state index in [1.165, 1.54) is 51.4 Å². The highest BCUT2D eigenvalue weighted by molar-refractivity contribution is 5.84. The molecule has 2 heterocycles. The Morgan fingerprint density at radius 2 is 1.72 bits per heavy atom. The Morgan fingerprint density at radius 1 is 0.960 bits per heavy atom. The molecular weight excluding hydrogens is 312 g/mol. The second-order valence-electron chi connectivity index (χ2n) is 10.0. The molecule has 3 aliphatic carbocycles. The predicted octanol–water partition coefficient (Wildman–Crippen LogP) is 3.25. The maximum Gasteiger partial charge on any atom is 0.225 e. The second-order valence-corrected chi connectivity index (χ2v) is 10.0. The van der Waals surface area contributed by atoms with Crippen molar-refractivity contribution in [3.8, 4) is 0 Å². The number of hydrogen-bond acceptors (Lipinski definition) is 2. The van der Waals surface area contributed by atoms with Gasteiger partial charge in [-0.15, -0.1) is 0 Å². The van der Waals surface area contributed by atoms with Gasteiger partial charge in [0.1, 0.15) is 0 Å². The van der Waals surface area contributed by atoms with Crippen molar-refractivity contribution in [3.05, 3.63) is 0 Å². The number of rotatable bonds is 2. The van der Waals surface area contributed by atoms with E-state index in [9.17, 15) is 9.59 Å². The SMILES string of the molecule is O=C1CCC2(CC(C(=O)N3CC4(CCC(C5CCCCC5)C4)C3)C2)N1. The van der Waals surface area contributed by atoms with E-state index in [-0.39, 0.29) is 17.4 Å². The van der Waals surface area contributed by atoms with Crippen molar-refractivity contribution in [1.29, 1.82) is 0 Å². The molecule has 5 rings (SSSR count). The Balaban J connectivity index is 1.11. The third-order valence-electron chi connectivity index (χ3n) is 8.28. The number of carbonyl (C=O) groups is 2. The molecule has 0 radical (unpaired) electrons. The lowest BCUT2D eigenvalue weighted by Gasteiger charge is -2.53. The summed E-state index contributed by atoms with van der Waals surface area (Å²) in [6.45, 7) is 2.04. The van der Waals surface area contributed by atoms with E-state index in [1.54, 1.807) is 0 Å². The van der Waals surface area contributed by atoms with Gasteiger partial charge in [0, 0.05) is 36.4 Å². The largest absolute Gasteiger partial charge is 0.351 e. The van der Waals surface area contributed by atoms with Gasteiger partial charge in [-0.1, -0.05) is 32.1 Å². The Morgan fingerprint density at radius 3 is 2.40 bits per heavy atom. The maximum absolute atomic E-state index is 12.8. The molecule has 0 aromatic heterocycles. The Bertz CT molecular complexity index is 568. The fourth-order valence-corrected chi connectivity index (χ4v) is 6.86. The minimum Gasteiger partial charge on any atom is -0.351 e. The Hall–Kier alpha value is -1.06. The van der Waals surface area contributed by atoms with Crippen molar-refractivity contribution >= 4 is 11.8 Å². The number of nitrogens with one attached hydrogen (secondary N) is 1. The first-order chi connectivity index (χ1) is 12.1. The van der Waals surface area contributed by atoms with Crippen molar-refractivity contribution in [1.82, 2.24) is 10.2 Å². The quantitative estimate of drug-likeness (QED) is 0.836. The van der Waals surface area contributed by atoms with Crippen LogP contribution in [0, 0.1) is 23.2 Å². The summed E-state index contributed by atoms with van der Waals surface area (Å²) in [7, 11) is 0. The molecule has 25 heavy (non-hydrogen) atoms. The van der Waals surface area contributed by atoms with Crippen LogP contribution in [0.2, 0.25) is 0 Å². The summed E-state index contributed by atoms with van der Waals surface area (Å²) in [5, 5.41) is 3.11. The highest BCUT2D eigenvalue weighted by Gasteiger charge is 2.56. The van der Waals surface area contributed by atoms with Crippen LogP contribution in [-0.2, 0) is 9.59 Å². The van der Waals surface area contributed by atoms with Gasteiger partial charge < -0.3 is 10.2 Å². The third kappa shape index (κ3) is 2.71. The van der Waals surface area contributed by atoms with Gasteiger partial charge >= 0.3 is 0 Å². The molecule has 4 heteroatoms. The van der Waals surface area contributed by atoms with Crippen molar-refractivity contribution in [2.24, 2.45) is 23.2 Å². The van der Waals surface area contributed by atoms with E-state index in [1.807, 2.05) is 0 Å². The number of carbonyl (C=O) groups excluding carboxylic acids is 2. The monoisotopic (exact) mass is 344 g/mol. The molecule has 2 spiro atoms. The van der Waals surface area contributed by atoms with Crippen LogP contribution in [0.5, 0.6) is 0 Å². The molecule has 4 nitrogen and oxygen atoms in total. The Kier molecular flexibility index (Phi) is 3.69. The van der Waals surface area contributed by atoms with E-state index in [0.717, 1.165) is 44.2 Å². The predicted molar refractivity (Wildman–Crippen MR) is 95.8 cm³/mol. The van der Waals surface area contributed by atoms with Gasteiger partial charge in [0.05, 0.1) is 0 Å². The lowest BCUT2D eigenvalue weighted by atomic mass is 9.66. The standard InChI is InChI=1S/C21H32N2O2/c24-18-7-9-21(22-18)11-17(12-21)19(25)23-13-20(14-23)8-6-16(10-20)15-4-2-1-3-5-15/h15-17H,1-14H2,(H,22,24). The van der Waals surface area contributed by atoms with E-state index >= 15 is 0 Å². The summed E-state index contributed by atoms with van der Waals surface area (Å²) in [5.41, 5.74) is 0.459. The van der Waals surface area contributed by atoms with Crippen LogP contribution in [0.25, 0.3) is 0 Å². The van der Waals surface area contributed by atoms with Crippen LogP contribution in [0.3, 0.4) is 0 Å². The van der Waals surface area contributed by atoms with Gasteiger partial charge in [0.25, 0.3) is 0 Å². The van der Waals surface area contributed by atoms with Crippen LogP contribution in [0.15, 0.2) is 0 Å². The third-order valence-corrected chi connectivity index (χ3v) is 8.28. The first-order valence-electron chi connectivity index (χ1n) is 10.7. The molecule has 3 saturated carbocycles. The van der Waals surface area contributed by atoms with Crippen LogP contribution in [0.1, 0.15) is 77.0 Å². The summed E-state index contributed by atoms with van der Waals surface area (Å²) >= 11 is 0. The topological polar surface area (TPSA) is 49.4 Å². The lowest BCUT2D eigenvalue weighted by molar-refractivity contribution is -0.154. The lowest BCUT2D eigenvalue weighted by Crippen LogP contribution is -2.63. The van der Waals surface area contributed by atoms with Crippen LogP contribution < -0.4 is 5.32 Å². The van der Waals surface area contributed by atoms with Crippen LogP contribution >= 0.6 is 0 Å². The van der Waals surface area contributed by atoms with Crippen molar-refractivity contribution in [2.75, 3.05) is 13.1 Å². The Labute approximate surface area is 151 Å². The number of amides is 2. The van der Waals surface area contributed by atoms with Crippen LogP contribution in [-0.4, -0.2) is 35.3 Å². The highest BCUT2D eigenvalue weighted by atomic mass is 16.2. The molecule has 0 aromatic rings. The van der Waals surface area contributed by atoms with Crippen molar-refractivity contribution in [3.63, 3.8) is 0 Å². The molecule has 138 valence electrons. The average Bonchev–Trinajstić information content (AvgIpc) is 3.17. The first kappa shape index (κ1) is 16.1. The molecule has 2 amide bonds. The number of nitrogens with zero attached hydrogens (tertiary/aromatic N) is 1.